The van der Waals surface area contributed by atoms with Crippen molar-refractivity contribution < 1.29 is 14.5 Å². The molecule has 0 bridgehead atoms. The highest BCUT2D eigenvalue weighted by Gasteiger charge is 2.36. The summed E-state index contributed by atoms with van der Waals surface area (Å²) in [6.45, 7) is 3.61. The summed E-state index contributed by atoms with van der Waals surface area (Å²) in [5, 5.41) is 14.5. The Balaban J connectivity index is 1.77. The van der Waals surface area contributed by atoms with Crippen molar-refractivity contribution in [1.29, 1.82) is 0 Å². The Morgan fingerprint density at radius 3 is 2.74 bits per heavy atom. The van der Waals surface area contributed by atoms with Crippen LogP contribution in [0.5, 0.6) is 0 Å². The summed E-state index contributed by atoms with van der Waals surface area (Å²) < 4.78 is 0. The third-order valence-electron chi connectivity index (χ3n) is 4.72. The number of benzene rings is 2. The number of carbonyl (C=O) groups is 2. The monoisotopic (exact) mass is 387 g/mol. The van der Waals surface area contributed by atoms with E-state index in [-0.39, 0.29) is 30.5 Å². The van der Waals surface area contributed by atoms with E-state index in [0.717, 1.165) is 5.56 Å². The van der Waals surface area contributed by atoms with Gasteiger partial charge < -0.3 is 10.2 Å². The minimum Gasteiger partial charge on any atom is -0.325 e. The molecule has 0 aromatic heterocycles. The summed E-state index contributed by atoms with van der Waals surface area (Å²) in [7, 11) is 0. The van der Waals surface area contributed by atoms with E-state index in [1.165, 1.54) is 11.0 Å². The first-order valence-corrected chi connectivity index (χ1v) is 8.77. The van der Waals surface area contributed by atoms with Crippen LogP contribution in [0.1, 0.15) is 17.5 Å². The molecule has 0 aliphatic carbocycles. The third-order valence-corrected chi connectivity index (χ3v) is 5.13. The molecule has 0 spiro atoms. The van der Waals surface area contributed by atoms with Crippen molar-refractivity contribution in [2.24, 2.45) is 5.92 Å². The molecule has 1 saturated heterocycles. The summed E-state index contributed by atoms with van der Waals surface area (Å²) in [4.78, 5) is 37.0. The number of nitro groups is 1. The smallest absolute Gasteiger partial charge is 0.274 e. The first-order chi connectivity index (χ1) is 12.8. The van der Waals surface area contributed by atoms with Crippen molar-refractivity contribution in [3.05, 3.63) is 62.7 Å². The van der Waals surface area contributed by atoms with Gasteiger partial charge in [-0.2, -0.15) is 0 Å². The molecule has 1 fully saturated rings. The van der Waals surface area contributed by atoms with Gasteiger partial charge in [0.2, 0.25) is 11.8 Å². The number of halogens is 1. The van der Waals surface area contributed by atoms with Crippen LogP contribution in [0.3, 0.4) is 0 Å². The molecule has 1 aliphatic rings. The molecular formula is C19H18ClN3O4. The fourth-order valence-electron chi connectivity index (χ4n) is 3.07. The molecule has 3 rings (SSSR count). The van der Waals surface area contributed by atoms with Crippen LogP contribution in [0.2, 0.25) is 5.02 Å². The number of nitro benzene ring substituents is 1. The molecule has 0 saturated carbocycles. The molecular weight excluding hydrogens is 370 g/mol. The second kappa shape index (κ2) is 7.36. The molecule has 1 heterocycles. The Kier molecular flexibility index (Phi) is 5.14. The van der Waals surface area contributed by atoms with E-state index in [0.29, 0.717) is 22.0 Å². The lowest BCUT2D eigenvalue weighted by Crippen LogP contribution is -2.28. The molecule has 0 unspecified atom stereocenters. The van der Waals surface area contributed by atoms with E-state index < -0.39 is 10.8 Å². The maximum atomic E-state index is 12.6. The van der Waals surface area contributed by atoms with E-state index in [1.807, 2.05) is 0 Å². The van der Waals surface area contributed by atoms with Crippen molar-refractivity contribution >= 4 is 40.5 Å². The maximum absolute atomic E-state index is 12.6. The Bertz CT molecular complexity index is 945. The van der Waals surface area contributed by atoms with Crippen molar-refractivity contribution in [3.8, 4) is 0 Å². The minimum atomic E-state index is -0.545. The molecule has 1 aliphatic heterocycles. The second-order valence-corrected chi connectivity index (χ2v) is 6.94. The average molecular weight is 388 g/mol. The zero-order chi connectivity index (χ0) is 19.7. The van der Waals surface area contributed by atoms with Gasteiger partial charge in [-0.25, -0.2) is 0 Å². The maximum Gasteiger partial charge on any atom is 0.274 e. The van der Waals surface area contributed by atoms with Crippen LogP contribution in [0.25, 0.3) is 0 Å². The summed E-state index contributed by atoms with van der Waals surface area (Å²) in [5.41, 5.74) is 2.24. The zero-order valence-corrected chi connectivity index (χ0v) is 15.6. The molecule has 140 valence electrons. The van der Waals surface area contributed by atoms with Gasteiger partial charge in [0.25, 0.3) is 5.69 Å². The number of nitrogens with one attached hydrogen (secondary N) is 1. The number of nitrogens with zero attached hydrogens (tertiary/aromatic N) is 2. The summed E-state index contributed by atoms with van der Waals surface area (Å²) in [6, 6.07) is 9.84. The fourth-order valence-corrected chi connectivity index (χ4v) is 3.25. The van der Waals surface area contributed by atoms with Crippen LogP contribution in [-0.4, -0.2) is 23.3 Å². The molecule has 8 heteroatoms. The van der Waals surface area contributed by atoms with Crippen LogP contribution in [0, 0.1) is 29.9 Å². The Morgan fingerprint density at radius 2 is 2.04 bits per heavy atom. The van der Waals surface area contributed by atoms with E-state index in [9.17, 15) is 19.7 Å². The Labute approximate surface area is 161 Å². The van der Waals surface area contributed by atoms with Crippen molar-refractivity contribution in [2.75, 3.05) is 16.8 Å². The molecule has 27 heavy (non-hydrogen) atoms. The Hall–Kier alpha value is -2.93. The highest BCUT2D eigenvalue weighted by atomic mass is 35.5. The lowest BCUT2D eigenvalue weighted by atomic mass is 10.1. The van der Waals surface area contributed by atoms with Gasteiger partial charge in [-0.3, -0.25) is 19.7 Å². The van der Waals surface area contributed by atoms with Gasteiger partial charge in [-0.05, 0) is 37.6 Å². The molecule has 2 aromatic rings. The van der Waals surface area contributed by atoms with Gasteiger partial charge in [0, 0.05) is 35.3 Å². The van der Waals surface area contributed by atoms with Crippen LogP contribution in [-0.2, 0) is 9.59 Å². The first kappa shape index (κ1) is 18.8. The van der Waals surface area contributed by atoms with Crippen LogP contribution in [0.4, 0.5) is 17.1 Å². The normalized spacial score (nSPS) is 16.5. The van der Waals surface area contributed by atoms with E-state index in [1.54, 1.807) is 44.2 Å². The standard InChI is InChI=1S/C19H18ClN3O4/c1-11-6-7-14(9-17(11)23(26)27)22-10-13(8-18(22)24)19(25)21-16-5-3-4-15(20)12(16)2/h3-7,9,13H,8,10H2,1-2H3,(H,21,25)/t13-/m1/s1. The highest BCUT2D eigenvalue weighted by Crippen LogP contribution is 2.31. The largest absolute Gasteiger partial charge is 0.325 e. The van der Waals surface area contributed by atoms with E-state index in [4.69, 9.17) is 11.6 Å². The number of aryl methyl sites for hydroxylation is 1. The highest BCUT2D eigenvalue weighted by molar-refractivity contribution is 6.31. The lowest BCUT2D eigenvalue weighted by molar-refractivity contribution is -0.385. The number of hydrogen-bond donors (Lipinski definition) is 1. The first-order valence-electron chi connectivity index (χ1n) is 8.39. The van der Waals surface area contributed by atoms with Gasteiger partial charge in [-0.1, -0.05) is 23.7 Å². The molecule has 1 atom stereocenters. The summed E-state index contributed by atoms with van der Waals surface area (Å²) in [5.74, 6) is -1.06. The average Bonchev–Trinajstić information content (AvgIpc) is 3.01. The predicted octanol–water partition coefficient (Wildman–Crippen LogP) is 3.86. The van der Waals surface area contributed by atoms with Gasteiger partial charge in [0.15, 0.2) is 0 Å². The Morgan fingerprint density at radius 1 is 1.30 bits per heavy atom. The SMILES string of the molecule is Cc1ccc(N2C[C@H](C(=O)Nc3cccc(Cl)c3C)CC2=O)cc1[N+](=O)[O-]. The molecule has 2 amide bonds. The second-order valence-electron chi connectivity index (χ2n) is 6.53. The molecule has 0 radical (unpaired) electrons. The quantitative estimate of drug-likeness (QED) is 0.636. The number of anilines is 2. The van der Waals surface area contributed by atoms with Crippen molar-refractivity contribution in [1.82, 2.24) is 0 Å². The number of carbonyl (C=O) groups excluding carboxylic acids is 2. The topological polar surface area (TPSA) is 92.6 Å². The minimum absolute atomic E-state index is 0.0487. The molecule has 1 N–H and O–H groups in total. The third kappa shape index (κ3) is 3.78. The molecule has 2 aromatic carbocycles. The lowest BCUT2D eigenvalue weighted by Gasteiger charge is -2.17. The van der Waals surface area contributed by atoms with Crippen molar-refractivity contribution in [3.63, 3.8) is 0 Å². The van der Waals surface area contributed by atoms with E-state index in [2.05, 4.69) is 5.32 Å². The number of amides is 2. The van der Waals surface area contributed by atoms with Gasteiger partial charge in [-0.15, -0.1) is 0 Å². The predicted molar refractivity (Wildman–Crippen MR) is 103 cm³/mol. The van der Waals surface area contributed by atoms with Crippen LogP contribution >= 0.6 is 11.6 Å². The van der Waals surface area contributed by atoms with Gasteiger partial charge in [0.05, 0.1) is 16.5 Å². The zero-order valence-electron chi connectivity index (χ0n) is 14.9. The van der Waals surface area contributed by atoms with Crippen LogP contribution < -0.4 is 10.2 Å². The summed E-state index contributed by atoms with van der Waals surface area (Å²) >= 11 is 6.07. The number of rotatable bonds is 4. The van der Waals surface area contributed by atoms with E-state index >= 15 is 0 Å². The van der Waals surface area contributed by atoms with Crippen molar-refractivity contribution in [2.45, 2.75) is 20.3 Å². The molecule has 7 nitrogen and oxygen atoms in total. The van der Waals surface area contributed by atoms with Gasteiger partial charge in [0.1, 0.15) is 0 Å². The fraction of sp³-hybridized carbons (Fsp3) is 0.263. The summed E-state index contributed by atoms with van der Waals surface area (Å²) in [6.07, 6.45) is 0.0487. The van der Waals surface area contributed by atoms with Crippen LogP contribution in [0.15, 0.2) is 36.4 Å². The number of hydrogen-bond acceptors (Lipinski definition) is 4. The van der Waals surface area contributed by atoms with Gasteiger partial charge >= 0.3 is 0 Å².